The Morgan fingerprint density at radius 1 is 1.04 bits per heavy atom. The van der Waals surface area contributed by atoms with Crippen LogP contribution in [0.2, 0.25) is 0 Å². The average Bonchev–Trinajstić information content (AvgIpc) is 2.58. The first-order chi connectivity index (χ1) is 11.9. The van der Waals surface area contributed by atoms with Crippen molar-refractivity contribution in [3.05, 3.63) is 71.0 Å². The van der Waals surface area contributed by atoms with Gasteiger partial charge in [0.15, 0.2) is 11.6 Å². The van der Waals surface area contributed by atoms with Gasteiger partial charge in [-0.15, -0.1) is 0 Å². The number of carbonyl (C=O) groups excluding carboxylic acids is 1. The van der Waals surface area contributed by atoms with Crippen LogP contribution in [0.1, 0.15) is 11.1 Å². The molecule has 0 aromatic heterocycles. The van der Waals surface area contributed by atoms with Crippen molar-refractivity contribution < 1.29 is 32.6 Å². The van der Waals surface area contributed by atoms with Crippen LogP contribution in [0.25, 0.3) is 0 Å². The summed E-state index contributed by atoms with van der Waals surface area (Å²) in [5.74, 6) is -5.28. The van der Waals surface area contributed by atoms with Crippen LogP contribution in [-0.4, -0.2) is 23.2 Å². The van der Waals surface area contributed by atoms with E-state index in [1.807, 2.05) is 0 Å². The second-order valence-electron chi connectivity index (χ2n) is 5.16. The van der Waals surface area contributed by atoms with Crippen LogP contribution in [0, 0.1) is 17.5 Å². The quantitative estimate of drug-likeness (QED) is 0.783. The molecule has 0 unspecified atom stereocenters. The molecule has 0 aliphatic carbocycles. The van der Waals surface area contributed by atoms with Crippen LogP contribution in [0.4, 0.5) is 18.0 Å². The number of carbonyl (C=O) groups is 2. The van der Waals surface area contributed by atoms with Crippen molar-refractivity contribution >= 4 is 12.1 Å². The van der Waals surface area contributed by atoms with E-state index in [0.29, 0.717) is 17.7 Å². The Morgan fingerprint density at radius 2 is 1.68 bits per heavy atom. The normalized spacial score (nSPS) is 11.6. The van der Waals surface area contributed by atoms with Gasteiger partial charge in [-0.05, 0) is 17.2 Å². The molecule has 2 aromatic carbocycles. The van der Waals surface area contributed by atoms with Crippen molar-refractivity contribution in [2.75, 3.05) is 0 Å². The standard InChI is InChI=1S/C17H14F3NO4/c18-12-8-14(20)13(19)6-11(12)7-15(16(22)23)21-17(24)25-9-10-4-2-1-3-5-10/h1-6,8,15H,7,9H2,(H,21,24)(H,22,23)/t15-/m0/s1. The van der Waals surface area contributed by atoms with Crippen molar-refractivity contribution in [2.24, 2.45) is 0 Å². The van der Waals surface area contributed by atoms with Crippen LogP contribution in [0.5, 0.6) is 0 Å². The summed E-state index contributed by atoms with van der Waals surface area (Å²) in [6.07, 6.45) is -1.60. The molecule has 2 aromatic rings. The van der Waals surface area contributed by atoms with Crippen LogP contribution < -0.4 is 5.32 Å². The molecule has 1 atom stereocenters. The van der Waals surface area contributed by atoms with E-state index < -0.39 is 42.0 Å². The molecule has 2 N–H and O–H groups in total. The summed E-state index contributed by atoms with van der Waals surface area (Å²) in [7, 11) is 0. The second kappa shape index (κ2) is 8.18. The fourth-order valence-electron chi connectivity index (χ4n) is 2.05. The number of carboxylic acids is 1. The Balaban J connectivity index is 2.00. The molecule has 25 heavy (non-hydrogen) atoms. The van der Waals surface area contributed by atoms with Gasteiger partial charge < -0.3 is 15.2 Å². The van der Waals surface area contributed by atoms with Gasteiger partial charge in [0.2, 0.25) is 0 Å². The molecule has 0 heterocycles. The number of halogens is 3. The van der Waals surface area contributed by atoms with Crippen molar-refractivity contribution in [3.63, 3.8) is 0 Å². The predicted molar refractivity (Wildman–Crippen MR) is 81.2 cm³/mol. The number of aliphatic carboxylic acids is 1. The van der Waals surface area contributed by atoms with Crippen molar-refractivity contribution in [1.82, 2.24) is 5.32 Å². The number of ether oxygens (including phenoxy) is 1. The number of carboxylic acid groups (broad SMARTS) is 1. The third-order valence-electron chi connectivity index (χ3n) is 3.32. The first kappa shape index (κ1) is 18.3. The van der Waals surface area contributed by atoms with E-state index in [0.717, 1.165) is 0 Å². The summed E-state index contributed by atoms with van der Waals surface area (Å²) >= 11 is 0. The summed E-state index contributed by atoms with van der Waals surface area (Å²) in [5, 5.41) is 11.2. The molecule has 0 aliphatic rings. The second-order valence-corrected chi connectivity index (χ2v) is 5.16. The summed E-state index contributed by atoms with van der Waals surface area (Å²) < 4.78 is 44.6. The molecule has 8 heteroatoms. The highest BCUT2D eigenvalue weighted by Crippen LogP contribution is 2.15. The minimum absolute atomic E-state index is 0.0848. The van der Waals surface area contributed by atoms with Crippen LogP contribution in [0.15, 0.2) is 42.5 Å². The fourth-order valence-corrected chi connectivity index (χ4v) is 2.05. The van der Waals surface area contributed by atoms with Crippen molar-refractivity contribution in [2.45, 2.75) is 19.1 Å². The molecule has 0 fully saturated rings. The van der Waals surface area contributed by atoms with Gasteiger partial charge in [0.25, 0.3) is 0 Å². The monoisotopic (exact) mass is 353 g/mol. The highest BCUT2D eigenvalue weighted by Gasteiger charge is 2.23. The van der Waals surface area contributed by atoms with E-state index in [1.54, 1.807) is 30.3 Å². The highest BCUT2D eigenvalue weighted by atomic mass is 19.2. The lowest BCUT2D eigenvalue weighted by molar-refractivity contribution is -0.139. The van der Waals surface area contributed by atoms with Gasteiger partial charge in [-0.25, -0.2) is 22.8 Å². The number of rotatable bonds is 6. The van der Waals surface area contributed by atoms with Crippen LogP contribution >= 0.6 is 0 Å². The summed E-state index contributed by atoms with van der Waals surface area (Å²) in [6.45, 7) is -0.0848. The Labute approximate surface area is 141 Å². The molecule has 132 valence electrons. The molecule has 0 spiro atoms. The number of nitrogens with one attached hydrogen (secondary N) is 1. The third kappa shape index (κ3) is 5.23. The zero-order chi connectivity index (χ0) is 18.4. The Morgan fingerprint density at radius 3 is 2.32 bits per heavy atom. The maximum atomic E-state index is 13.6. The third-order valence-corrected chi connectivity index (χ3v) is 3.32. The first-order valence-electron chi connectivity index (χ1n) is 7.20. The lowest BCUT2D eigenvalue weighted by Crippen LogP contribution is -2.42. The van der Waals surface area contributed by atoms with Gasteiger partial charge in [0.05, 0.1) is 0 Å². The Kier molecular flexibility index (Phi) is 5.99. The SMILES string of the molecule is O=C(N[C@@H](Cc1cc(F)c(F)cc1F)C(=O)O)OCc1ccccc1. The first-order valence-corrected chi connectivity index (χ1v) is 7.20. The van der Waals surface area contributed by atoms with Crippen LogP contribution in [0.3, 0.4) is 0 Å². The molecule has 0 aliphatic heterocycles. The van der Waals surface area contributed by atoms with E-state index >= 15 is 0 Å². The smallest absolute Gasteiger partial charge is 0.408 e. The van der Waals surface area contributed by atoms with Gasteiger partial charge in [-0.3, -0.25) is 0 Å². The summed E-state index contributed by atoms with van der Waals surface area (Å²) in [4.78, 5) is 22.9. The molecule has 0 radical (unpaired) electrons. The molecular weight excluding hydrogens is 339 g/mol. The molecular formula is C17H14F3NO4. The number of alkyl carbamates (subject to hydrolysis) is 1. The maximum absolute atomic E-state index is 13.6. The maximum Gasteiger partial charge on any atom is 0.408 e. The van der Waals surface area contributed by atoms with Crippen molar-refractivity contribution in [1.29, 1.82) is 0 Å². The molecule has 0 saturated carbocycles. The number of benzene rings is 2. The Hall–Kier alpha value is -3.03. The zero-order valence-electron chi connectivity index (χ0n) is 12.8. The van der Waals surface area contributed by atoms with Gasteiger partial charge in [-0.1, -0.05) is 30.3 Å². The summed E-state index contributed by atoms with van der Waals surface area (Å²) in [6, 6.07) is 7.97. The van der Waals surface area contributed by atoms with E-state index in [4.69, 9.17) is 9.84 Å². The van der Waals surface area contributed by atoms with Gasteiger partial charge in [0, 0.05) is 12.5 Å². The fraction of sp³-hybridized carbons (Fsp3) is 0.176. The average molecular weight is 353 g/mol. The lowest BCUT2D eigenvalue weighted by atomic mass is 10.1. The zero-order valence-corrected chi connectivity index (χ0v) is 12.8. The van der Waals surface area contributed by atoms with E-state index in [-0.39, 0.29) is 12.2 Å². The van der Waals surface area contributed by atoms with Crippen LogP contribution in [-0.2, 0) is 22.6 Å². The van der Waals surface area contributed by atoms with Gasteiger partial charge in [0.1, 0.15) is 18.5 Å². The lowest BCUT2D eigenvalue weighted by Gasteiger charge is -2.15. The largest absolute Gasteiger partial charge is 0.480 e. The minimum Gasteiger partial charge on any atom is -0.480 e. The van der Waals surface area contributed by atoms with Gasteiger partial charge >= 0.3 is 12.1 Å². The van der Waals surface area contributed by atoms with E-state index in [1.165, 1.54) is 0 Å². The molecule has 1 amide bonds. The molecule has 0 saturated heterocycles. The summed E-state index contributed by atoms with van der Waals surface area (Å²) in [5.41, 5.74) is 0.311. The number of amides is 1. The Bertz CT molecular complexity index is 768. The predicted octanol–water partition coefficient (Wildman–Crippen LogP) is 3.03. The minimum atomic E-state index is -1.57. The molecule has 0 bridgehead atoms. The number of hydrogen-bond acceptors (Lipinski definition) is 3. The molecule has 2 rings (SSSR count). The highest BCUT2D eigenvalue weighted by molar-refractivity contribution is 5.80. The van der Waals surface area contributed by atoms with Gasteiger partial charge in [-0.2, -0.15) is 0 Å². The van der Waals surface area contributed by atoms with E-state index in [2.05, 4.69) is 5.32 Å². The van der Waals surface area contributed by atoms with E-state index in [9.17, 15) is 22.8 Å². The number of hydrogen-bond donors (Lipinski definition) is 2. The molecule has 5 nitrogen and oxygen atoms in total. The topological polar surface area (TPSA) is 75.6 Å². The van der Waals surface area contributed by atoms with Crippen molar-refractivity contribution in [3.8, 4) is 0 Å².